The molecule has 0 radical (unpaired) electrons. The van der Waals surface area contributed by atoms with Crippen molar-refractivity contribution in [2.75, 3.05) is 0 Å². The van der Waals surface area contributed by atoms with Crippen molar-refractivity contribution in [3.8, 4) is 0 Å². The lowest BCUT2D eigenvalue weighted by Crippen LogP contribution is -2.31. The summed E-state index contributed by atoms with van der Waals surface area (Å²) in [5, 5.41) is 4.01. The first-order valence-corrected chi connectivity index (χ1v) is 4.37. The Morgan fingerprint density at radius 2 is 2.14 bits per heavy atom. The highest BCUT2D eigenvalue weighted by molar-refractivity contribution is 6.30. The van der Waals surface area contributed by atoms with Crippen LogP contribution in [0.5, 0.6) is 0 Å². The number of ether oxygens (including phenoxy) is 1. The second kappa shape index (κ2) is 3.09. The number of aromatic nitrogens is 2. The minimum atomic E-state index is -0.406. The first kappa shape index (κ1) is 9.21. The molecule has 0 atom stereocenters. The summed E-state index contributed by atoms with van der Waals surface area (Å²) in [4.78, 5) is 22.5. The first-order chi connectivity index (χ1) is 6.59. The number of hydrogen-bond acceptors (Lipinski definition) is 4. The fourth-order valence-corrected chi connectivity index (χ4v) is 1.65. The summed E-state index contributed by atoms with van der Waals surface area (Å²) >= 11 is 5.81. The summed E-state index contributed by atoms with van der Waals surface area (Å²) < 4.78 is 5.89. The molecule has 0 unspecified atom stereocenters. The monoisotopic (exact) mass is 214 g/mol. The Kier molecular flexibility index (Phi) is 2.03. The van der Waals surface area contributed by atoms with E-state index >= 15 is 0 Å². The average Bonchev–Trinajstić information content (AvgIpc) is 2.14. The number of carbonyl (C=O) groups is 1. The number of cyclic esters (lactones) is 1. The number of rotatable bonds is 0. The molecule has 5 nitrogen and oxygen atoms in total. The lowest BCUT2D eigenvalue weighted by atomic mass is 10.1. The summed E-state index contributed by atoms with van der Waals surface area (Å²) in [7, 11) is 1.49. The zero-order valence-corrected chi connectivity index (χ0v) is 8.17. The van der Waals surface area contributed by atoms with Gasteiger partial charge in [-0.15, -0.1) is 0 Å². The highest BCUT2D eigenvalue weighted by Crippen LogP contribution is 2.20. The molecule has 0 saturated heterocycles. The van der Waals surface area contributed by atoms with E-state index in [9.17, 15) is 9.59 Å². The van der Waals surface area contributed by atoms with E-state index in [4.69, 9.17) is 16.3 Å². The average molecular weight is 215 g/mol. The van der Waals surface area contributed by atoms with Gasteiger partial charge in [0.25, 0.3) is 5.56 Å². The fourth-order valence-electron chi connectivity index (χ4n) is 1.36. The van der Waals surface area contributed by atoms with Gasteiger partial charge in [-0.05, 0) is 0 Å². The molecule has 6 heteroatoms. The molecule has 0 bridgehead atoms. The van der Waals surface area contributed by atoms with Gasteiger partial charge in [0.05, 0.1) is 6.42 Å². The van der Waals surface area contributed by atoms with Crippen LogP contribution in [0, 0.1) is 0 Å². The molecule has 0 spiro atoms. The smallest absolute Gasteiger partial charge is 0.310 e. The number of carbonyl (C=O) groups excluding carboxylic acids is 1. The largest absolute Gasteiger partial charge is 0.460 e. The normalized spacial score (nSPS) is 14.9. The number of aryl methyl sites for hydroxylation is 1. The SMILES string of the molecule is Cn1nc(Cl)c2c(c1=O)CC(=O)OC2. The molecule has 1 aliphatic rings. The van der Waals surface area contributed by atoms with Crippen molar-refractivity contribution < 1.29 is 9.53 Å². The minimum absolute atomic E-state index is 0.0236. The van der Waals surface area contributed by atoms with E-state index in [1.807, 2.05) is 0 Å². The van der Waals surface area contributed by atoms with Gasteiger partial charge in [-0.25, -0.2) is 4.68 Å². The van der Waals surface area contributed by atoms with E-state index in [0.717, 1.165) is 4.68 Å². The minimum Gasteiger partial charge on any atom is -0.460 e. The topological polar surface area (TPSA) is 61.2 Å². The predicted molar refractivity (Wildman–Crippen MR) is 48.0 cm³/mol. The maximum Gasteiger partial charge on any atom is 0.310 e. The van der Waals surface area contributed by atoms with Crippen LogP contribution in [0.3, 0.4) is 0 Å². The highest BCUT2D eigenvalue weighted by Gasteiger charge is 2.23. The highest BCUT2D eigenvalue weighted by atomic mass is 35.5. The van der Waals surface area contributed by atoms with Crippen LogP contribution < -0.4 is 5.56 Å². The van der Waals surface area contributed by atoms with Gasteiger partial charge in [0, 0.05) is 18.2 Å². The van der Waals surface area contributed by atoms with Gasteiger partial charge in [-0.3, -0.25) is 9.59 Å². The molecule has 0 aliphatic carbocycles. The zero-order valence-electron chi connectivity index (χ0n) is 7.41. The molecule has 2 heterocycles. The second-order valence-corrected chi connectivity index (χ2v) is 3.37. The summed E-state index contributed by atoms with van der Waals surface area (Å²) in [6, 6.07) is 0. The Morgan fingerprint density at radius 3 is 2.86 bits per heavy atom. The molecule has 0 N–H and O–H groups in total. The Balaban J connectivity index is 2.69. The van der Waals surface area contributed by atoms with Crippen LogP contribution in [-0.4, -0.2) is 15.7 Å². The first-order valence-electron chi connectivity index (χ1n) is 4.00. The van der Waals surface area contributed by atoms with E-state index in [2.05, 4.69) is 5.10 Å². The van der Waals surface area contributed by atoms with Crippen molar-refractivity contribution in [2.45, 2.75) is 13.0 Å². The maximum atomic E-state index is 11.5. The molecule has 14 heavy (non-hydrogen) atoms. The molecule has 1 aromatic heterocycles. The molecular formula is C8H7ClN2O3. The summed E-state index contributed by atoms with van der Waals surface area (Å²) in [6.45, 7) is 0.0378. The van der Waals surface area contributed by atoms with Crippen LogP contribution >= 0.6 is 11.6 Å². The third kappa shape index (κ3) is 1.29. The Hall–Kier alpha value is -1.36. The van der Waals surface area contributed by atoms with Gasteiger partial charge in [-0.2, -0.15) is 5.10 Å². The number of nitrogens with zero attached hydrogens (tertiary/aromatic N) is 2. The van der Waals surface area contributed by atoms with Crippen molar-refractivity contribution in [3.63, 3.8) is 0 Å². The number of esters is 1. The van der Waals surface area contributed by atoms with Crippen molar-refractivity contribution >= 4 is 17.6 Å². The maximum absolute atomic E-state index is 11.5. The lowest BCUT2D eigenvalue weighted by molar-refractivity contribution is -0.145. The lowest BCUT2D eigenvalue weighted by Gasteiger charge is -2.16. The summed E-state index contributed by atoms with van der Waals surface area (Å²) in [5.41, 5.74) is 0.624. The van der Waals surface area contributed by atoms with Gasteiger partial charge < -0.3 is 4.74 Å². The van der Waals surface area contributed by atoms with E-state index in [0.29, 0.717) is 11.1 Å². The van der Waals surface area contributed by atoms with Gasteiger partial charge >= 0.3 is 5.97 Å². The van der Waals surface area contributed by atoms with Gasteiger partial charge in [-0.1, -0.05) is 11.6 Å². The Bertz CT molecular complexity index is 466. The van der Waals surface area contributed by atoms with E-state index < -0.39 is 5.97 Å². The molecule has 74 valence electrons. The van der Waals surface area contributed by atoms with E-state index in [-0.39, 0.29) is 23.7 Å². The van der Waals surface area contributed by atoms with Crippen LogP contribution in [-0.2, 0) is 29.6 Å². The van der Waals surface area contributed by atoms with Crippen LogP contribution in [0.15, 0.2) is 4.79 Å². The third-order valence-electron chi connectivity index (χ3n) is 2.10. The predicted octanol–water partition coefficient (Wildman–Crippen LogP) is 0.0330. The molecule has 2 rings (SSSR count). The summed E-state index contributed by atoms with van der Waals surface area (Å²) in [6.07, 6.45) is -0.0236. The van der Waals surface area contributed by atoms with E-state index in [1.165, 1.54) is 7.05 Å². The molecule has 0 saturated carbocycles. The Labute approximate surface area is 84.2 Å². The molecule has 1 aliphatic heterocycles. The fraction of sp³-hybridized carbons (Fsp3) is 0.375. The van der Waals surface area contributed by atoms with Crippen LogP contribution in [0.1, 0.15) is 11.1 Å². The van der Waals surface area contributed by atoms with Gasteiger partial charge in [0.15, 0.2) is 5.15 Å². The molecular weight excluding hydrogens is 208 g/mol. The van der Waals surface area contributed by atoms with Crippen molar-refractivity contribution in [2.24, 2.45) is 7.05 Å². The second-order valence-electron chi connectivity index (χ2n) is 3.01. The third-order valence-corrected chi connectivity index (χ3v) is 2.41. The van der Waals surface area contributed by atoms with Crippen molar-refractivity contribution in [3.05, 3.63) is 26.6 Å². The van der Waals surface area contributed by atoms with Crippen LogP contribution in [0.4, 0.5) is 0 Å². The Morgan fingerprint density at radius 1 is 1.43 bits per heavy atom. The standard InChI is InChI=1S/C8H7ClN2O3/c1-11-8(13)4-2-6(12)14-3-5(4)7(9)10-11/h2-3H2,1H3. The van der Waals surface area contributed by atoms with Crippen LogP contribution in [0.2, 0.25) is 5.15 Å². The number of hydrogen-bond donors (Lipinski definition) is 0. The van der Waals surface area contributed by atoms with Crippen molar-refractivity contribution in [1.82, 2.24) is 9.78 Å². The molecule has 0 fully saturated rings. The van der Waals surface area contributed by atoms with Crippen molar-refractivity contribution in [1.29, 1.82) is 0 Å². The van der Waals surface area contributed by atoms with Crippen LogP contribution in [0.25, 0.3) is 0 Å². The van der Waals surface area contributed by atoms with Gasteiger partial charge in [0.1, 0.15) is 6.61 Å². The molecule has 0 amide bonds. The zero-order chi connectivity index (χ0) is 10.3. The van der Waals surface area contributed by atoms with Gasteiger partial charge in [0.2, 0.25) is 0 Å². The molecule has 1 aromatic rings. The number of fused-ring (bicyclic) bond motifs is 1. The quantitative estimate of drug-likeness (QED) is 0.572. The summed E-state index contributed by atoms with van der Waals surface area (Å²) in [5.74, 6) is -0.406. The molecule has 0 aromatic carbocycles. The van der Waals surface area contributed by atoms with E-state index in [1.54, 1.807) is 0 Å². The number of halogens is 1.